The summed E-state index contributed by atoms with van der Waals surface area (Å²) in [6.07, 6.45) is 2.77. The predicted molar refractivity (Wildman–Crippen MR) is 78.2 cm³/mol. The van der Waals surface area contributed by atoms with E-state index >= 15 is 0 Å². The first-order valence-electron chi connectivity index (χ1n) is 6.68. The summed E-state index contributed by atoms with van der Waals surface area (Å²) in [6.45, 7) is 0. The van der Waals surface area contributed by atoms with Crippen LogP contribution in [0, 0.1) is 5.82 Å². The molecule has 0 aliphatic carbocycles. The second-order valence-electron chi connectivity index (χ2n) is 4.80. The summed E-state index contributed by atoms with van der Waals surface area (Å²) in [5.41, 5.74) is 1.76. The van der Waals surface area contributed by atoms with E-state index < -0.39 is 0 Å². The molecule has 2 aromatic carbocycles. The van der Waals surface area contributed by atoms with Gasteiger partial charge in [-0.3, -0.25) is 0 Å². The SMILES string of the molecule is O=C1C=CC(C(Nc2ccc(F)cc2)c2ccccc2)O1. The lowest BCUT2D eigenvalue weighted by Crippen LogP contribution is -2.25. The Kier molecular flexibility index (Phi) is 3.69. The lowest BCUT2D eigenvalue weighted by molar-refractivity contribution is -0.139. The second-order valence-corrected chi connectivity index (χ2v) is 4.80. The van der Waals surface area contributed by atoms with Crippen molar-refractivity contribution in [2.24, 2.45) is 0 Å². The Morgan fingerprint density at radius 3 is 2.38 bits per heavy atom. The molecule has 1 heterocycles. The number of halogens is 1. The summed E-state index contributed by atoms with van der Waals surface area (Å²) in [5, 5.41) is 3.29. The molecular weight excluding hydrogens is 269 g/mol. The highest BCUT2D eigenvalue weighted by molar-refractivity contribution is 5.84. The minimum absolute atomic E-state index is 0.223. The maximum atomic E-state index is 13.0. The standard InChI is InChI=1S/C17H14FNO2/c18-13-6-8-14(9-7-13)19-17(12-4-2-1-3-5-12)15-10-11-16(20)21-15/h1-11,15,17,19H. The molecule has 0 spiro atoms. The first-order chi connectivity index (χ1) is 10.2. The number of benzene rings is 2. The number of carbonyl (C=O) groups is 1. The molecule has 2 atom stereocenters. The molecule has 0 fully saturated rings. The number of hydrogen-bond acceptors (Lipinski definition) is 3. The zero-order valence-electron chi connectivity index (χ0n) is 11.2. The number of rotatable bonds is 4. The van der Waals surface area contributed by atoms with Gasteiger partial charge in [0, 0.05) is 11.8 Å². The zero-order chi connectivity index (χ0) is 14.7. The zero-order valence-corrected chi connectivity index (χ0v) is 11.2. The van der Waals surface area contributed by atoms with Gasteiger partial charge in [-0.1, -0.05) is 30.3 Å². The lowest BCUT2D eigenvalue weighted by Gasteiger charge is -2.24. The summed E-state index contributed by atoms with van der Waals surface area (Å²) in [4.78, 5) is 11.3. The molecule has 2 aromatic rings. The quantitative estimate of drug-likeness (QED) is 0.873. The van der Waals surface area contributed by atoms with Crippen LogP contribution in [0.2, 0.25) is 0 Å². The van der Waals surface area contributed by atoms with Crippen molar-refractivity contribution >= 4 is 11.7 Å². The largest absolute Gasteiger partial charge is 0.452 e. The third-order valence-corrected chi connectivity index (χ3v) is 3.33. The van der Waals surface area contributed by atoms with Crippen molar-refractivity contribution in [3.05, 3.63) is 78.1 Å². The van der Waals surface area contributed by atoms with Crippen molar-refractivity contribution in [3.63, 3.8) is 0 Å². The molecule has 21 heavy (non-hydrogen) atoms. The molecule has 0 amide bonds. The molecule has 0 radical (unpaired) electrons. The van der Waals surface area contributed by atoms with Crippen molar-refractivity contribution < 1.29 is 13.9 Å². The summed E-state index contributed by atoms with van der Waals surface area (Å²) in [5.74, 6) is -0.633. The van der Waals surface area contributed by atoms with Crippen LogP contribution < -0.4 is 5.32 Å². The Morgan fingerprint density at radius 2 is 1.76 bits per heavy atom. The van der Waals surface area contributed by atoms with E-state index in [0.29, 0.717) is 0 Å². The van der Waals surface area contributed by atoms with Gasteiger partial charge in [-0.05, 0) is 35.9 Å². The average molecular weight is 283 g/mol. The second kappa shape index (κ2) is 5.79. The monoisotopic (exact) mass is 283 g/mol. The van der Waals surface area contributed by atoms with E-state index in [1.165, 1.54) is 18.2 Å². The molecule has 0 saturated carbocycles. The summed E-state index contributed by atoms with van der Waals surface area (Å²) >= 11 is 0. The number of cyclic esters (lactones) is 1. The first kappa shape index (κ1) is 13.4. The van der Waals surface area contributed by atoms with Crippen molar-refractivity contribution in [1.29, 1.82) is 0 Å². The lowest BCUT2D eigenvalue weighted by atomic mass is 10.0. The molecule has 4 heteroatoms. The van der Waals surface area contributed by atoms with Crippen LogP contribution in [0.1, 0.15) is 11.6 Å². The number of hydrogen-bond donors (Lipinski definition) is 1. The minimum Gasteiger partial charge on any atom is -0.452 e. The van der Waals surface area contributed by atoms with Crippen LogP contribution in [0.15, 0.2) is 66.7 Å². The number of carbonyl (C=O) groups excluding carboxylic acids is 1. The Hall–Kier alpha value is -2.62. The maximum Gasteiger partial charge on any atom is 0.331 e. The smallest absolute Gasteiger partial charge is 0.331 e. The van der Waals surface area contributed by atoms with Gasteiger partial charge in [0.15, 0.2) is 0 Å². The molecule has 1 aliphatic heterocycles. The third-order valence-electron chi connectivity index (χ3n) is 3.33. The van der Waals surface area contributed by atoms with E-state index in [1.807, 2.05) is 30.3 Å². The summed E-state index contributed by atoms with van der Waals surface area (Å²) < 4.78 is 18.3. The Morgan fingerprint density at radius 1 is 1.05 bits per heavy atom. The van der Waals surface area contributed by atoms with E-state index in [1.54, 1.807) is 18.2 Å². The topological polar surface area (TPSA) is 38.3 Å². The fourth-order valence-corrected chi connectivity index (χ4v) is 2.31. The van der Waals surface area contributed by atoms with E-state index in [-0.39, 0.29) is 23.9 Å². The molecule has 2 unspecified atom stereocenters. The van der Waals surface area contributed by atoms with Gasteiger partial charge >= 0.3 is 5.97 Å². The van der Waals surface area contributed by atoms with Gasteiger partial charge in [0.05, 0.1) is 6.04 Å². The fraction of sp³-hybridized carbons (Fsp3) is 0.118. The highest BCUT2D eigenvalue weighted by Gasteiger charge is 2.27. The van der Waals surface area contributed by atoms with Crippen LogP contribution >= 0.6 is 0 Å². The van der Waals surface area contributed by atoms with Crippen molar-refractivity contribution in [1.82, 2.24) is 0 Å². The van der Waals surface area contributed by atoms with E-state index in [0.717, 1.165) is 11.3 Å². The molecule has 1 N–H and O–H groups in total. The molecule has 0 saturated heterocycles. The fourth-order valence-electron chi connectivity index (χ4n) is 2.31. The molecule has 0 bridgehead atoms. The van der Waals surface area contributed by atoms with Gasteiger partial charge in [0.2, 0.25) is 0 Å². The average Bonchev–Trinajstić information content (AvgIpc) is 2.94. The van der Waals surface area contributed by atoms with Crippen molar-refractivity contribution in [2.75, 3.05) is 5.32 Å². The predicted octanol–water partition coefficient (Wildman–Crippen LogP) is 3.46. The Bertz CT molecular complexity index is 652. The molecule has 3 rings (SSSR count). The van der Waals surface area contributed by atoms with Crippen LogP contribution in [0.5, 0.6) is 0 Å². The molecule has 106 valence electrons. The first-order valence-corrected chi connectivity index (χ1v) is 6.68. The normalized spacial score (nSPS) is 18.3. The van der Waals surface area contributed by atoms with E-state index in [2.05, 4.69) is 5.32 Å². The van der Waals surface area contributed by atoms with Crippen LogP contribution in [-0.2, 0) is 9.53 Å². The van der Waals surface area contributed by atoms with Gasteiger partial charge in [0.25, 0.3) is 0 Å². The number of anilines is 1. The molecular formula is C17H14FNO2. The maximum absolute atomic E-state index is 13.0. The van der Waals surface area contributed by atoms with Crippen molar-refractivity contribution in [2.45, 2.75) is 12.1 Å². The number of nitrogens with one attached hydrogen (secondary N) is 1. The van der Waals surface area contributed by atoms with E-state index in [9.17, 15) is 9.18 Å². The van der Waals surface area contributed by atoms with Gasteiger partial charge in [-0.15, -0.1) is 0 Å². The van der Waals surface area contributed by atoms with Crippen LogP contribution in [0.3, 0.4) is 0 Å². The van der Waals surface area contributed by atoms with Gasteiger partial charge in [-0.2, -0.15) is 0 Å². The highest BCUT2D eigenvalue weighted by atomic mass is 19.1. The van der Waals surface area contributed by atoms with Gasteiger partial charge in [0.1, 0.15) is 11.9 Å². The Balaban J connectivity index is 1.87. The molecule has 3 nitrogen and oxygen atoms in total. The summed E-state index contributed by atoms with van der Waals surface area (Å²) in [6, 6.07) is 15.6. The summed E-state index contributed by atoms with van der Waals surface area (Å²) in [7, 11) is 0. The van der Waals surface area contributed by atoms with Gasteiger partial charge in [-0.25, -0.2) is 9.18 Å². The highest BCUT2D eigenvalue weighted by Crippen LogP contribution is 2.27. The molecule has 1 aliphatic rings. The van der Waals surface area contributed by atoms with Crippen LogP contribution in [0.4, 0.5) is 10.1 Å². The number of ether oxygens (including phenoxy) is 1. The van der Waals surface area contributed by atoms with Crippen LogP contribution in [0.25, 0.3) is 0 Å². The minimum atomic E-state index is -0.384. The van der Waals surface area contributed by atoms with E-state index in [4.69, 9.17) is 4.74 Å². The Labute approximate surface area is 122 Å². The molecule has 0 aromatic heterocycles. The van der Waals surface area contributed by atoms with Gasteiger partial charge < -0.3 is 10.1 Å². The third kappa shape index (κ3) is 3.11. The van der Waals surface area contributed by atoms with Crippen molar-refractivity contribution in [3.8, 4) is 0 Å². The van der Waals surface area contributed by atoms with Crippen LogP contribution in [-0.4, -0.2) is 12.1 Å². The number of esters is 1.